The molecule has 0 aliphatic rings. The molecule has 4 aromatic rings. The summed E-state index contributed by atoms with van der Waals surface area (Å²) in [6.45, 7) is 19.6. The first kappa shape index (κ1) is 37.6. The highest BCUT2D eigenvalue weighted by Crippen LogP contribution is 2.19. The molecule has 49 heavy (non-hydrogen) atoms. The minimum atomic E-state index is 1.04. The molecule has 2 heterocycles. The third kappa shape index (κ3) is 12.0. The predicted octanol–water partition coefficient (Wildman–Crippen LogP) is 10.3. The normalized spacial score (nSPS) is 11.6. The molecule has 0 radical (unpaired) electrons. The van der Waals surface area contributed by atoms with Crippen molar-refractivity contribution in [2.75, 3.05) is 36.0 Å². The number of hydrogen-bond acceptors (Lipinski definition) is 2. The van der Waals surface area contributed by atoms with E-state index in [0.717, 1.165) is 39.3 Å². The van der Waals surface area contributed by atoms with Crippen LogP contribution in [0.3, 0.4) is 0 Å². The van der Waals surface area contributed by atoms with Gasteiger partial charge >= 0.3 is 0 Å². The highest BCUT2D eigenvalue weighted by molar-refractivity contribution is 5.72. The molecule has 0 saturated carbocycles. The summed E-state index contributed by atoms with van der Waals surface area (Å²) in [6.07, 6.45) is 27.1. The van der Waals surface area contributed by atoms with Crippen molar-refractivity contribution in [2.24, 2.45) is 0 Å². The largest absolute Gasteiger partial charge is 0.372 e. The SMILES string of the molecule is CCN(CC)c1ccc(/C=C/c2cc[n+](CCCCCCCCC[n+]3ccc(/C=C/c4ccc(N(CC)CC)cc4)c(C)c3)cc2C)cc1. The zero-order chi connectivity index (χ0) is 34.8. The van der Waals surface area contributed by atoms with Gasteiger partial charge < -0.3 is 9.80 Å². The van der Waals surface area contributed by atoms with Crippen LogP contribution in [0.5, 0.6) is 0 Å². The topological polar surface area (TPSA) is 14.2 Å². The Kier molecular flexibility index (Phi) is 15.6. The second-order valence-electron chi connectivity index (χ2n) is 13.3. The van der Waals surface area contributed by atoms with Gasteiger partial charge in [0.2, 0.25) is 0 Å². The van der Waals surface area contributed by atoms with Gasteiger partial charge in [-0.2, -0.15) is 0 Å². The summed E-state index contributed by atoms with van der Waals surface area (Å²) < 4.78 is 4.72. The Morgan fingerprint density at radius 2 is 0.796 bits per heavy atom. The second-order valence-corrected chi connectivity index (χ2v) is 13.3. The molecule has 0 N–H and O–H groups in total. The van der Waals surface area contributed by atoms with Gasteiger partial charge in [-0.3, -0.25) is 0 Å². The van der Waals surface area contributed by atoms with Gasteiger partial charge in [-0.25, -0.2) is 9.13 Å². The van der Waals surface area contributed by atoms with Crippen LogP contribution in [0.15, 0.2) is 85.5 Å². The predicted molar refractivity (Wildman–Crippen MR) is 213 cm³/mol. The molecule has 4 nitrogen and oxygen atoms in total. The van der Waals surface area contributed by atoms with Crippen molar-refractivity contribution >= 4 is 35.7 Å². The number of pyridine rings is 2. The van der Waals surface area contributed by atoms with E-state index in [1.165, 1.54) is 89.7 Å². The number of rotatable bonds is 20. The fraction of sp³-hybridized carbons (Fsp3) is 0.422. The molecule has 0 fully saturated rings. The van der Waals surface area contributed by atoms with Crippen LogP contribution in [0.1, 0.15) is 106 Å². The van der Waals surface area contributed by atoms with Gasteiger partial charge in [0.05, 0.1) is 0 Å². The van der Waals surface area contributed by atoms with Crippen molar-refractivity contribution in [3.05, 3.63) is 119 Å². The first-order chi connectivity index (χ1) is 23.9. The molecule has 2 aromatic heterocycles. The average Bonchev–Trinajstić information content (AvgIpc) is 3.12. The van der Waals surface area contributed by atoms with Crippen molar-refractivity contribution in [2.45, 2.75) is 99.6 Å². The smallest absolute Gasteiger partial charge is 0.172 e. The third-order valence-corrected chi connectivity index (χ3v) is 9.81. The number of anilines is 2. The van der Waals surface area contributed by atoms with E-state index >= 15 is 0 Å². The molecule has 0 bridgehead atoms. The lowest BCUT2D eigenvalue weighted by molar-refractivity contribution is -0.697. The Morgan fingerprint density at radius 3 is 1.12 bits per heavy atom. The Hall–Kier alpha value is -4.18. The van der Waals surface area contributed by atoms with Crippen LogP contribution in [0.25, 0.3) is 24.3 Å². The molecule has 4 heteroatoms. The van der Waals surface area contributed by atoms with Crippen LogP contribution in [0.4, 0.5) is 11.4 Å². The molecule has 260 valence electrons. The second kappa shape index (κ2) is 20.4. The van der Waals surface area contributed by atoms with Gasteiger partial charge in [-0.15, -0.1) is 0 Å². The van der Waals surface area contributed by atoms with Crippen LogP contribution in [-0.2, 0) is 13.1 Å². The molecule has 0 atom stereocenters. The maximum atomic E-state index is 2.38. The van der Waals surface area contributed by atoms with E-state index in [2.05, 4.69) is 170 Å². The molecule has 0 unspecified atom stereocenters. The van der Waals surface area contributed by atoms with Gasteiger partial charge in [0.1, 0.15) is 13.1 Å². The standard InChI is InChI=1S/C45H62N4/c1-7-48(8-2)44-26-20-40(21-27-44)18-24-42-30-34-46(36-38(42)5)32-16-14-12-11-13-15-17-33-47-35-31-43(39(6)37-47)25-19-41-22-28-45(29-23-41)49(9-3)10-4/h18-31,34-37H,7-17,32-33H2,1-6H3/q+2. The number of aryl methyl sites for hydroxylation is 4. The first-order valence-electron chi connectivity index (χ1n) is 19.0. The van der Waals surface area contributed by atoms with Gasteiger partial charge in [0.15, 0.2) is 24.8 Å². The monoisotopic (exact) mass is 658 g/mol. The molecule has 0 aliphatic heterocycles. The van der Waals surface area contributed by atoms with Crippen LogP contribution >= 0.6 is 0 Å². The zero-order valence-corrected chi connectivity index (χ0v) is 31.4. The van der Waals surface area contributed by atoms with Crippen LogP contribution < -0.4 is 18.9 Å². The number of unbranched alkanes of at least 4 members (excludes halogenated alkanes) is 6. The minimum absolute atomic E-state index is 1.04. The Labute approximate surface area is 298 Å². The molecule has 0 aliphatic carbocycles. The lowest BCUT2D eigenvalue weighted by Gasteiger charge is -2.20. The molecular weight excluding hydrogens is 597 g/mol. The van der Waals surface area contributed by atoms with E-state index in [1.807, 2.05) is 0 Å². The Morgan fingerprint density at radius 1 is 0.449 bits per heavy atom. The molecule has 2 aromatic carbocycles. The maximum Gasteiger partial charge on any atom is 0.172 e. The van der Waals surface area contributed by atoms with Crippen molar-refractivity contribution in [1.29, 1.82) is 0 Å². The zero-order valence-electron chi connectivity index (χ0n) is 31.4. The number of aromatic nitrogens is 2. The van der Waals surface area contributed by atoms with Gasteiger partial charge in [-0.05, 0) is 101 Å². The Balaban J connectivity index is 1.09. The highest BCUT2D eigenvalue weighted by atomic mass is 15.1. The minimum Gasteiger partial charge on any atom is -0.372 e. The van der Waals surface area contributed by atoms with E-state index in [-0.39, 0.29) is 0 Å². The fourth-order valence-electron chi connectivity index (χ4n) is 6.61. The molecule has 4 rings (SSSR count). The highest BCUT2D eigenvalue weighted by Gasteiger charge is 2.07. The van der Waals surface area contributed by atoms with Gasteiger partial charge in [0.25, 0.3) is 0 Å². The van der Waals surface area contributed by atoms with Crippen molar-refractivity contribution in [3.8, 4) is 0 Å². The number of hydrogen-bond donors (Lipinski definition) is 0. The summed E-state index contributed by atoms with van der Waals surface area (Å²) in [4.78, 5) is 4.76. The van der Waals surface area contributed by atoms with E-state index in [0.29, 0.717) is 0 Å². The maximum absolute atomic E-state index is 2.38. The summed E-state index contributed by atoms with van der Waals surface area (Å²) >= 11 is 0. The van der Waals surface area contributed by atoms with E-state index in [9.17, 15) is 0 Å². The van der Waals surface area contributed by atoms with Crippen molar-refractivity contribution in [3.63, 3.8) is 0 Å². The molecular formula is C45H62N4+2. The average molecular weight is 659 g/mol. The number of benzene rings is 2. The summed E-state index contributed by atoms with van der Waals surface area (Å²) in [5, 5.41) is 0. The van der Waals surface area contributed by atoms with Gasteiger partial charge in [-0.1, -0.05) is 67.8 Å². The fourth-order valence-corrected chi connectivity index (χ4v) is 6.61. The molecule has 0 spiro atoms. The lowest BCUT2D eigenvalue weighted by atomic mass is 10.1. The van der Waals surface area contributed by atoms with Gasteiger partial charge in [0, 0.05) is 73.7 Å². The Bertz CT molecular complexity index is 1470. The van der Waals surface area contributed by atoms with E-state index < -0.39 is 0 Å². The van der Waals surface area contributed by atoms with E-state index in [4.69, 9.17) is 0 Å². The summed E-state index contributed by atoms with van der Waals surface area (Å²) in [7, 11) is 0. The first-order valence-corrected chi connectivity index (χ1v) is 19.0. The summed E-state index contributed by atoms with van der Waals surface area (Å²) in [5.41, 5.74) is 10.3. The van der Waals surface area contributed by atoms with E-state index in [1.54, 1.807) is 0 Å². The van der Waals surface area contributed by atoms with Crippen LogP contribution in [0.2, 0.25) is 0 Å². The quantitative estimate of drug-likeness (QED) is 0.0693. The number of nitrogens with zero attached hydrogens (tertiary/aromatic N) is 4. The third-order valence-electron chi connectivity index (χ3n) is 9.81. The molecule has 0 amide bonds. The van der Waals surface area contributed by atoms with Crippen LogP contribution in [0, 0.1) is 13.8 Å². The summed E-state index contributed by atoms with van der Waals surface area (Å²) in [6, 6.07) is 22.3. The van der Waals surface area contributed by atoms with Crippen molar-refractivity contribution in [1.82, 2.24) is 0 Å². The van der Waals surface area contributed by atoms with Crippen LogP contribution in [-0.4, -0.2) is 26.2 Å². The lowest BCUT2D eigenvalue weighted by Crippen LogP contribution is -2.33. The summed E-state index contributed by atoms with van der Waals surface area (Å²) in [5.74, 6) is 0. The molecule has 0 saturated heterocycles. The van der Waals surface area contributed by atoms with Crippen molar-refractivity contribution < 1.29 is 9.13 Å².